The number of benzene rings is 1. The maximum atomic E-state index is 13.9. The number of hydrogen-bond acceptors (Lipinski definition) is 3. The Kier molecular flexibility index (Phi) is 9.33. The molecule has 1 saturated heterocycles. The normalized spacial score (nSPS) is 22.4. The van der Waals surface area contributed by atoms with Crippen molar-refractivity contribution in [1.29, 1.82) is 0 Å². The summed E-state index contributed by atoms with van der Waals surface area (Å²) < 4.78 is 214. The fourth-order valence-corrected chi connectivity index (χ4v) is 3.28. The molecule has 1 aromatic rings. The molecule has 232 valence electrons. The lowest BCUT2D eigenvalue weighted by atomic mass is 9.90. The second-order valence-electron chi connectivity index (χ2n) is 9.08. The van der Waals surface area contributed by atoms with E-state index in [-0.39, 0.29) is 17.8 Å². The number of alkyl halides is 15. The van der Waals surface area contributed by atoms with Crippen LogP contribution in [-0.2, 0) is 9.47 Å². The van der Waals surface area contributed by atoms with Crippen molar-refractivity contribution in [2.24, 2.45) is 5.92 Å². The van der Waals surface area contributed by atoms with Crippen LogP contribution in [0.25, 0.3) is 0 Å². The minimum Gasteiger partial charge on any atom is -0.494 e. The minimum absolute atomic E-state index is 0.0815. The number of halogens is 15. The van der Waals surface area contributed by atoms with E-state index in [1.54, 1.807) is 6.92 Å². The van der Waals surface area contributed by atoms with E-state index in [1.807, 2.05) is 6.92 Å². The first-order valence-corrected chi connectivity index (χ1v) is 11.2. The fraction of sp³-hybridized carbons (Fsp3) is 0.727. The van der Waals surface area contributed by atoms with Crippen molar-refractivity contribution >= 4 is 0 Å². The molecule has 0 unspecified atom stereocenters. The highest BCUT2D eigenvalue weighted by molar-refractivity contribution is 5.28. The molecule has 0 aliphatic carbocycles. The lowest BCUT2D eigenvalue weighted by Gasteiger charge is -2.41. The Labute approximate surface area is 216 Å². The zero-order valence-corrected chi connectivity index (χ0v) is 20.3. The molecule has 3 atom stereocenters. The molecule has 0 aromatic heterocycles. The Morgan fingerprint density at radius 2 is 1.18 bits per heavy atom. The highest BCUT2D eigenvalue weighted by Crippen LogP contribution is 2.62. The van der Waals surface area contributed by atoms with Crippen molar-refractivity contribution in [2.45, 2.75) is 80.8 Å². The Morgan fingerprint density at radius 1 is 0.700 bits per heavy atom. The van der Waals surface area contributed by atoms with Gasteiger partial charge in [0.15, 0.2) is 6.29 Å². The maximum Gasteiger partial charge on any atom is 0.460 e. The van der Waals surface area contributed by atoms with E-state index in [2.05, 4.69) is 0 Å². The van der Waals surface area contributed by atoms with Gasteiger partial charge in [-0.2, -0.15) is 65.9 Å². The van der Waals surface area contributed by atoms with Crippen LogP contribution in [0, 0.1) is 5.92 Å². The van der Waals surface area contributed by atoms with Crippen molar-refractivity contribution in [3.05, 3.63) is 29.8 Å². The van der Waals surface area contributed by atoms with Crippen molar-refractivity contribution in [2.75, 3.05) is 13.2 Å². The van der Waals surface area contributed by atoms with E-state index >= 15 is 0 Å². The maximum absolute atomic E-state index is 13.9. The second-order valence-corrected chi connectivity index (χ2v) is 9.08. The van der Waals surface area contributed by atoms with Gasteiger partial charge in [0, 0.05) is 17.9 Å². The minimum atomic E-state index is -8.29. The summed E-state index contributed by atoms with van der Waals surface area (Å²) in [6.45, 7) is 3.11. The number of hydrogen-bond donors (Lipinski definition) is 0. The van der Waals surface area contributed by atoms with Gasteiger partial charge in [0.25, 0.3) is 0 Å². The highest BCUT2D eigenvalue weighted by Gasteiger charge is 2.93. The molecule has 1 aliphatic rings. The summed E-state index contributed by atoms with van der Waals surface area (Å²) in [5, 5.41) is 0. The van der Waals surface area contributed by atoms with Gasteiger partial charge < -0.3 is 14.2 Å². The zero-order chi connectivity index (χ0) is 31.2. The van der Waals surface area contributed by atoms with Gasteiger partial charge in [-0.15, -0.1) is 0 Å². The molecule has 40 heavy (non-hydrogen) atoms. The average Bonchev–Trinajstić information content (AvgIpc) is 2.82. The van der Waals surface area contributed by atoms with Gasteiger partial charge >= 0.3 is 41.7 Å². The Morgan fingerprint density at radius 3 is 1.65 bits per heavy atom. The molecule has 1 aromatic carbocycles. The second kappa shape index (κ2) is 10.9. The van der Waals surface area contributed by atoms with Crippen LogP contribution in [-0.4, -0.2) is 61.0 Å². The topological polar surface area (TPSA) is 27.7 Å². The van der Waals surface area contributed by atoms with Gasteiger partial charge in [-0.1, -0.05) is 19.1 Å². The van der Waals surface area contributed by atoms with E-state index in [4.69, 9.17) is 14.2 Å². The largest absolute Gasteiger partial charge is 0.494 e. The van der Waals surface area contributed by atoms with E-state index in [0.29, 0.717) is 12.2 Å². The summed E-state index contributed by atoms with van der Waals surface area (Å²) in [4.78, 5) is 0. The molecule has 1 fully saturated rings. The fourth-order valence-electron chi connectivity index (χ4n) is 3.28. The van der Waals surface area contributed by atoms with Crippen LogP contribution in [0.1, 0.15) is 38.5 Å². The molecule has 0 saturated carbocycles. The lowest BCUT2D eigenvalue weighted by Crippen LogP contribution is -2.72. The van der Waals surface area contributed by atoms with E-state index < -0.39 is 67.5 Å². The standard InChI is InChI=1S/C22H21F15O3/c1-11-10-39-15(40-12(11)2)13-4-6-14(7-5-13)38-9-3-8-16(23,24)17(25,26)18(27,28)19(29,30)20(31,32)21(33,34)22(35,36)37/h4-7,11-12,15H,3,8-10H2,1-2H3/t11-,12+,15+/m1/s1. The SMILES string of the molecule is C[C@@H]1CO[C@H](c2ccc(OCCCC(F)(F)C(F)(F)C(F)(F)C(F)(F)C(F)(F)C(F)(F)C(F)(F)F)cc2)O[C@H]1C. The Hall–Kier alpha value is -2.11. The van der Waals surface area contributed by atoms with E-state index in [0.717, 1.165) is 0 Å². The van der Waals surface area contributed by atoms with Crippen LogP contribution in [0.3, 0.4) is 0 Å². The molecule has 0 amide bonds. The van der Waals surface area contributed by atoms with Crippen molar-refractivity contribution in [3.8, 4) is 5.75 Å². The molecule has 2 rings (SSSR count). The van der Waals surface area contributed by atoms with Crippen LogP contribution in [0.4, 0.5) is 65.9 Å². The van der Waals surface area contributed by atoms with Crippen molar-refractivity contribution < 1.29 is 80.1 Å². The third kappa shape index (κ3) is 5.79. The van der Waals surface area contributed by atoms with Crippen LogP contribution >= 0.6 is 0 Å². The molecular weight excluding hydrogens is 597 g/mol. The summed E-state index contributed by atoms with van der Waals surface area (Å²) in [7, 11) is 0. The summed E-state index contributed by atoms with van der Waals surface area (Å²) in [5.41, 5.74) is 0.494. The van der Waals surface area contributed by atoms with Gasteiger partial charge in [-0.3, -0.25) is 0 Å². The summed E-state index contributed by atoms with van der Waals surface area (Å²) in [6, 6.07) is 5.31. The summed E-state index contributed by atoms with van der Waals surface area (Å²) in [6.07, 6.45) is -12.3. The molecule has 1 aliphatic heterocycles. The Bertz CT molecular complexity index is 992. The molecule has 18 heteroatoms. The predicted octanol–water partition coefficient (Wildman–Crippen LogP) is 8.29. The number of ether oxygens (including phenoxy) is 3. The summed E-state index contributed by atoms with van der Waals surface area (Å²) >= 11 is 0. The molecule has 1 heterocycles. The molecular formula is C22H21F15O3. The van der Waals surface area contributed by atoms with Gasteiger partial charge in [-0.05, 0) is 25.5 Å². The van der Waals surface area contributed by atoms with Crippen molar-refractivity contribution in [1.82, 2.24) is 0 Å². The molecule has 0 bridgehead atoms. The Balaban J connectivity index is 2.07. The quantitative estimate of drug-likeness (QED) is 0.185. The lowest BCUT2D eigenvalue weighted by molar-refractivity contribution is -0.452. The van der Waals surface area contributed by atoms with E-state index in [1.165, 1.54) is 24.3 Å². The first-order valence-electron chi connectivity index (χ1n) is 11.2. The monoisotopic (exact) mass is 618 g/mol. The van der Waals surface area contributed by atoms with Gasteiger partial charge in [0.2, 0.25) is 0 Å². The zero-order valence-electron chi connectivity index (χ0n) is 20.3. The average molecular weight is 618 g/mol. The van der Waals surface area contributed by atoms with Gasteiger partial charge in [0.05, 0.1) is 19.3 Å². The first-order chi connectivity index (χ1) is 17.8. The molecule has 3 nitrogen and oxygen atoms in total. The van der Waals surface area contributed by atoms with E-state index in [9.17, 15) is 65.9 Å². The molecule has 0 radical (unpaired) electrons. The third-order valence-electron chi connectivity index (χ3n) is 6.10. The van der Waals surface area contributed by atoms with Crippen LogP contribution in [0.15, 0.2) is 24.3 Å². The third-order valence-corrected chi connectivity index (χ3v) is 6.10. The highest BCUT2D eigenvalue weighted by atomic mass is 19.4. The number of rotatable bonds is 11. The van der Waals surface area contributed by atoms with Crippen LogP contribution in [0.2, 0.25) is 0 Å². The van der Waals surface area contributed by atoms with Gasteiger partial charge in [0.1, 0.15) is 5.75 Å². The van der Waals surface area contributed by atoms with Crippen molar-refractivity contribution in [3.63, 3.8) is 0 Å². The first kappa shape index (κ1) is 34.1. The molecule has 0 spiro atoms. The summed E-state index contributed by atoms with van der Waals surface area (Å²) in [5.74, 6) is -46.4. The predicted molar refractivity (Wildman–Crippen MR) is 105 cm³/mol. The molecule has 0 N–H and O–H groups in total. The smallest absolute Gasteiger partial charge is 0.460 e. The van der Waals surface area contributed by atoms with Crippen LogP contribution in [0.5, 0.6) is 5.75 Å². The van der Waals surface area contributed by atoms with Crippen LogP contribution < -0.4 is 4.74 Å². The van der Waals surface area contributed by atoms with Gasteiger partial charge in [-0.25, -0.2) is 0 Å².